The maximum atomic E-state index is 12.4. The molecule has 0 fully saturated rings. The molecule has 7 nitrogen and oxygen atoms in total. The number of sulfone groups is 1. The first-order chi connectivity index (χ1) is 11.1. The minimum Gasteiger partial charge on any atom is -0.425 e. The van der Waals surface area contributed by atoms with Gasteiger partial charge < -0.3 is 4.74 Å². The number of nitrogens with zero attached hydrogens (tertiary/aromatic N) is 1. The van der Waals surface area contributed by atoms with Gasteiger partial charge in [0.15, 0.2) is 20.0 Å². The van der Waals surface area contributed by atoms with Gasteiger partial charge in [-0.3, -0.25) is 14.9 Å². The van der Waals surface area contributed by atoms with Crippen LogP contribution < -0.4 is 10.1 Å². The van der Waals surface area contributed by atoms with Gasteiger partial charge in [0.05, 0.1) is 10.0 Å². The Hall–Kier alpha value is -1.30. The standard InChI is InChI=1S/C13H10Br2N2O5S2/c1-6(18)22-9-4-7(14)3-8(11(9)15)12(19)17-13-16-10(5-23-13)24(2,20)21/h3-5H,1-2H3,(H,16,17,19). The number of carbonyl (C=O) groups excluding carboxylic acids is 2. The number of aromatic nitrogens is 1. The highest BCUT2D eigenvalue weighted by Crippen LogP contribution is 2.33. The average Bonchev–Trinajstić information content (AvgIpc) is 2.90. The minimum atomic E-state index is -3.44. The Bertz CT molecular complexity index is 924. The first-order valence-corrected chi connectivity index (χ1v) is 10.6. The van der Waals surface area contributed by atoms with E-state index in [-0.39, 0.29) is 21.5 Å². The quantitative estimate of drug-likeness (QED) is 0.513. The van der Waals surface area contributed by atoms with Crippen LogP contribution in [0.4, 0.5) is 5.13 Å². The molecule has 1 aromatic heterocycles. The Morgan fingerprint density at radius 1 is 1.29 bits per heavy atom. The number of thiazole rings is 1. The van der Waals surface area contributed by atoms with Crippen molar-refractivity contribution in [2.75, 3.05) is 11.6 Å². The number of rotatable bonds is 4. The van der Waals surface area contributed by atoms with Crippen molar-refractivity contribution in [2.24, 2.45) is 0 Å². The molecule has 0 saturated heterocycles. The summed E-state index contributed by atoms with van der Waals surface area (Å²) in [5.41, 5.74) is 0.191. The number of hydrogen-bond acceptors (Lipinski definition) is 7. The van der Waals surface area contributed by atoms with E-state index < -0.39 is 21.7 Å². The molecule has 0 aliphatic carbocycles. The molecule has 0 aliphatic heterocycles. The lowest BCUT2D eigenvalue weighted by Gasteiger charge is -2.10. The van der Waals surface area contributed by atoms with E-state index >= 15 is 0 Å². The van der Waals surface area contributed by atoms with E-state index in [0.717, 1.165) is 17.6 Å². The third-order valence-electron chi connectivity index (χ3n) is 2.59. The van der Waals surface area contributed by atoms with Crippen molar-refractivity contribution in [3.05, 3.63) is 32.0 Å². The fraction of sp³-hybridized carbons (Fsp3) is 0.154. The molecule has 2 rings (SSSR count). The fourth-order valence-electron chi connectivity index (χ4n) is 1.61. The van der Waals surface area contributed by atoms with Crippen LogP contribution in [0.1, 0.15) is 17.3 Å². The van der Waals surface area contributed by atoms with E-state index in [4.69, 9.17) is 4.74 Å². The van der Waals surface area contributed by atoms with Gasteiger partial charge in [0.25, 0.3) is 5.91 Å². The predicted molar refractivity (Wildman–Crippen MR) is 96.3 cm³/mol. The van der Waals surface area contributed by atoms with Gasteiger partial charge in [-0.1, -0.05) is 15.9 Å². The van der Waals surface area contributed by atoms with Crippen molar-refractivity contribution in [3.8, 4) is 5.75 Å². The van der Waals surface area contributed by atoms with Crippen molar-refractivity contribution in [1.29, 1.82) is 0 Å². The number of carbonyl (C=O) groups is 2. The van der Waals surface area contributed by atoms with Gasteiger partial charge in [-0.15, -0.1) is 11.3 Å². The second kappa shape index (κ2) is 7.30. The van der Waals surface area contributed by atoms with E-state index in [0.29, 0.717) is 8.95 Å². The normalized spacial score (nSPS) is 11.2. The predicted octanol–water partition coefficient (Wildman–Crippen LogP) is 3.25. The number of ether oxygens (including phenoxy) is 1. The second-order valence-corrected chi connectivity index (χ2v) is 9.11. The molecular formula is C13H10Br2N2O5S2. The summed E-state index contributed by atoms with van der Waals surface area (Å²) in [4.78, 5) is 27.4. The summed E-state index contributed by atoms with van der Waals surface area (Å²) in [5, 5.41) is 3.88. The van der Waals surface area contributed by atoms with E-state index in [9.17, 15) is 18.0 Å². The molecule has 11 heteroatoms. The summed E-state index contributed by atoms with van der Waals surface area (Å²) >= 11 is 7.45. The van der Waals surface area contributed by atoms with Gasteiger partial charge in [0, 0.05) is 23.0 Å². The Kier molecular flexibility index (Phi) is 5.78. The Labute approximate surface area is 158 Å². The molecule has 0 spiro atoms. The average molecular weight is 498 g/mol. The smallest absolute Gasteiger partial charge is 0.308 e. The molecule has 0 radical (unpaired) electrons. The van der Waals surface area contributed by atoms with Crippen LogP contribution in [0.3, 0.4) is 0 Å². The topological polar surface area (TPSA) is 102 Å². The van der Waals surface area contributed by atoms with E-state index in [1.165, 1.54) is 24.4 Å². The highest BCUT2D eigenvalue weighted by atomic mass is 79.9. The molecule has 128 valence electrons. The largest absolute Gasteiger partial charge is 0.425 e. The Morgan fingerprint density at radius 2 is 1.96 bits per heavy atom. The zero-order valence-corrected chi connectivity index (χ0v) is 17.1. The summed E-state index contributed by atoms with van der Waals surface area (Å²) in [6.07, 6.45) is 1.03. The van der Waals surface area contributed by atoms with Crippen molar-refractivity contribution >= 4 is 70.0 Å². The summed E-state index contributed by atoms with van der Waals surface area (Å²) < 4.78 is 28.7. The maximum absolute atomic E-state index is 12.4. The van der Waals surface area contributed by atoms with Crippen LogP contribution in [-0.2, 0) is 14.6 Å². The Balaban J connectivity index is 2.31. The summed E-state index contributed by atoms with van der Waals surface area (Å²) in [6, 6.07) is 3.06. The molecule has 0 atom stereocenters. The summed E-state index contributed by atoms with van der Waals surface area (Å²) in [5.74, 6) is -0.887. The van der Waals surface area contributed by atoms with Crippen LogP contribution in [0, 0.1) is 0 Å². The second-order valence-electron chi connectivity index (χ2n) is 4.58. The highest BCUT2D eigenvalue weighted by molar-refractivity contribution is 9.11. The molecule has 0 aliphatic rings. The molecular weight excluding hydrogens is 488 g/mol. The molecule has 0 saturated carbocycles. The van der Waals surface area contributed by atoms with Crippen LogP contribution in [0.2, 0.25) is 0 Å². The number of esters is 1. The van der Waals surface area contributed by atoms with E-state index in [1.54, 1.807) is 0 Å². The van der Waals surface area contributed by atoms with Crippen LogP contribution >= 0.6 is 43.2 Å². The Morgan fingerprint density at radius 3 is 2.50 bits per heavy atom. The third kappa shape index (κ3) is 4.62. The van der Waals surface area contributed by atoms with E-state index in [1.807, 2.05) is 0 Å². The lowest BCUT2D eigenvalue weighted by atomic mass is 10.2. The number of benzene rings is 1. The SMILES string of the molecule is CC(=O)Oc1cc(Br)cc(C(=O)Nc2nc(S(C)(=O)=O)cs2)c1Br. The number of anilines is 1. The molecule has 0 unspecified atom stereocenters. The zero-order chi connectivity index (χ0) is 18.1. The molecule has 1 amide bonds. The van der Waals surface area contributed by atoms with Crippen molar-refractivity contribution in [3.63, 3.8) is 0 Å². The number of nitrogens with one attached hydrogen (secondary N) is 1. The number of amides is 1. The van der Waals surface area contributed by atoms with Gasteiger partial charge in [-0.25, -0.2) is 13.4 Å². The van der Waals surface area contributed by atoms with Crippen LogP contribution in [0.25, 0.3) is 0 Å². The molecule has 1 aromatic carbocycles. The molecule has 24 heavy (non-hydrogen) atoms. The highest BCUT2D eigenvalue weighted by Gasteiger charge is 2.19. The van der Waals surface area contributed by atoms with Crippen LogP contribution in [0.15, 0.2) is 31.5 Å². The monoisotopic (exact) mass is 496 g/mol. The first kappa shape index (κ1) is 19.0. The number of hydrogen-bond donors (Lipinski definition) is 1. The fourth-order valence-corrected chi connectivity index (χ4v) is 4.26. The maximum Gasteiger partial charge on any atom is 0.308 e. The van der Waals surface area contributed by atoms with Gasteiger partial charge in [-0.2, -0.15) is 0 Å². The summed E-state index contributed by atoms with van der Waals surface area (Å²) in [7, 11) is -3.44. The van der Waals surface area contributed by atoms with Crippen LogP contribution in [0.5, 0.6) is 5.75 Å². The first-order valence-electron chi connectivity index (χ1n) is 6.22. The molecule has 1 heterocycles. The van der Waals surface area contributed by atoms with Crippen molar-refractivity contribution in [2.45, 2.75) is 11.9 Å². The van der Waals surface area contributed by atoms with Gasteiger partial charge in [0.1, 0.15) is 5.75 Å². The van der Waals surface area contributed by atoms with Crippen LogP contribution in [-0.4, -0.2) is 31.5 Å². The lowest BCUT2D eigenvalue weighted by Crippen LogP contribution is -2.14. The molecule has 1 N–H and O–H groups in total. The minimum absolute atomic E-state index is 0.114. The zero-order valence-electron chi connectivity index (χ0n) is 12.3. The third-order valence-corrected chi connectivity index (χ3v) is 5.74. The summed E-state index contributed by atoms with van der Waals surface area (Å²) in [6.45, 7) is 1.25. The lowest BCUT2D eigenvalue weighted by molar-refractivity contribution is -0.131. The van der Waals surface area contributed by atoms with Crippen molar-refractivity contribution < 1.29 is 22.7 Å². The van der Waals surface area contributed by atoms with Gasteiger partial charge in [-0.05, 0) is 28.1 Å². The number of halogens is 2. The van der Waals surface area contributed by atoms with Gasteiger partial charge >= 0.3 is 5.97 Å². The van der Waals surface area contributed by atoms with E-state index in [2.05, 4.69) is 42.2 Å². The molecule has 2 aromatic rings. The van der Waals surface area contributed by atoms with Crippen molar-refractivity contribution in [1.82, 2.24) is 4.98 Å². The molecule has 0 bridgehead atoms. The van der Waals surface area contributed by atoms with Gasteiger partial charge in [0.2, 0.25) is 0 Å².